The lowest BCUT2D eigenvalue weighted by Crippen LogP contribution is -2.41. The number of carbonyl (C=O) groups excluding carboxylic acids is 1. The summed E-state index contributed by atoms with van der Waals surface area (Å²) in [6.45, 7) is 4.72. The van der Waals surface area contributed by atoms with Gasteiger partial charge in [0.15, 0.2) is 0 Å². The van der Waals surface area contributed by atoms with E-state index < -0.39 is 0 Å². The molecule has 1 atom stereocenters. The molecular formula is C14H26N2O. The van der Waals surface area contributed by atoms with Gasteiger partial charge in [-0.1, -0.05) is 13.8 Å². The molecule has 0 aromatic rings. The molecule has 2 aliphatic carbocycles. The lowest BCUT2D eigenvalue weighted by molar-refractivity contribution is -0.122. The van der Waals surface area contributed by atoms with Crippen molar-refractivity contribution in [2.75, 3.05) is 0 Å². The number of hydrogen-bond acceptors (Lipinski definition) is 2. The molecule has 2 rings (SSSR count). The second kappa shape index (κ2) is 4.97. The number of rotatable bonds is 3. The van der Waals surface area contributed by atoms with Crippen molar-refractivity contribution in [3.63, 3.8) is 0 Å². The van der Waals surface area contributed by atoms with Crippen molar-refractivity contribution >= 4 is 5.91 Å². The van der Waals surface area contributed by atoms with Gasteiger partial charge in [0.25, 0.3) is 0 Å². The van der Waals surface area contributed by atoms with Crippen LogP contribution in [0.2, 0.25) is 0 Å². The van der Waals surface area contributed by atoms with E-state index in [1.807, 2.05) is 0 Å². The zero-order valence-electron chi connectivity index (χ0n) is 11.2. The highest BCUT2D eigenvalue weighted by molar-refractivity contribution is 5.76. The number of hydrogen-bond donors (Lipinski definition) is 2. The third kappa shape index (κ3) is 3.44. The standard InChI is InChI=1S/C14H26N2O/c1-14(2)8-7-12(9-14)16-11-5-3-10(4-6-11)13(15)17/h10-12,16H,3-9H2,1-2H3,(H2,15,17). The molecule has 2 fully saturated rings. The van der Waals surface area contributed by atoms with Gasteiger partial charge in [0.05, 0.1) is 0 Å². The van der Waals surface area contributed by atoms with Crippen LogP contribution in [0.1, 0.15) is 58.8 Å². The first-order valence-electron chi connectivity index (χ1n) is 7.02. The van der Waals surface area contributed by atoms with Crippen molar-refractivity contribution in [2.24, 2.45) is 17.1 Å². The molecule has 0 radical (unpaired) electrons. The molecule has 0 bridgehead atoms. The number of nitrogens with two attached hydrogens (primary N) is 1. The molecule has 2 aliphatic rings. The van der Waals surface area contributed by atoms with Crippen LogP contribution >= 0.6 is 0 Å². The summed E-state index contributed by atoms with van der Waals surface area (Å²) in [5.74, 6) is 0.0264. The lowest BCUT2D eigenvalue weighted by Gasteiger charge is -2.30. The van der Waals surface area contributed by atoms with Crippen LogP contribution in [-0.2, 0) is 4.79 Å². The lowest BCUT2D eigenvalue weighted by atomic mass is 9.85. The van der Waals surface area contributed by atoms with E-state index in [1.165, 1.54) is 19.3 Å². The smallest absolute Gasteiger partial charge is 0.220 e. The maximum Gasteiger partial charge on any atom is 0.220 e. The Hall–Kier alpha value is -0.570. The van der Waals surface area contributed by atoms with Crippen molar-refractivity contribution in [2.45, 2.75) is 70.9 Å². The molecule has 0 aromatic heterocycles. The third-order valence-electron chi connectivity index (χ3n) is 4.57. The van der Waals surface area contributed by atoms with Gasteiger partial charge < -0.3 is 11.1 Å². The molecule has 17 heavy (non-hydrogen) atoms. The zero-order chi connectivity index (χ0) is 12.5. The van der Waals surface area contributed by atoms with Gasteiger partial charge in [-0.2, -0.15) is 0 Å². The average Bonchev–Trinajstić information content (AvgIpc) is 2.59. The van der Waals surface area contributed by atoms with Crippen LogP contribution in [0.5, 0.6) is 0 Å². The number of primary amides is 1. The molecular weight excluding hydrogens is 212 g/mol. The minimum atomic E-state index is -0.106. The highest BCUT2D eigenvalue weighted by Gasteiger charge is 2.33. The first-order chi connectivity index (χ1) is 7.96. The van der Waals surface area contributed by atoms with Gasteiger partial charge in [-0.05, 0) is 50.4 Å². The third-order valence-corrected chi connectivity index (χ3v) is 4.57. The summed E-state index contributed by atoms with van der Waals surface area (Å²) in [4.78, 5) is 11.1. The van der Waals surface area contributed by atoms with Crippen molar-refractivity contribution < 1.29 is 4.79 Å². The van der Waals surface area contributed by atoms with E-state index >= 15 is 0 Å². The van der Waals surface area contributed by atoms with E-state index in [-0.39, 0.29) is 11.8 Å². The largest absolute Gasteiger partial charge is 0.369 e. The Balaban J connectivity index is 1.74. The predicted molar refractivity (Wildman–Crippen MR) is 69.5 cm³/mol. The van der Waals surface area contributed by atoms with Gasteiger partial charge in [-0.3, -0.25) is 4.79 Å². The van der Waals surface area contributed by atoms with Gasteiger partial charge in [0.2, 0.25) is 5.91 Å². The second-order valence-corrected chi connectivity index (χ2v) is 6.72. The fraction of sp³-hybridized carbons (Fsp3) is 0.929. The Kier molecular flexibility index (Phi) is 3.76. The van der Waals surface area contributed by atoms with E-state index in [0.29, 0.717) is 17.5 Å². The summed E-state index contributed by atoms with van der Waals surface area (Å²) < 4.78 is 0. The number of amides is 1. The first kappa shape index (κ1) is 12.9. The molecule has 3 N–H and O–H groups in total. The maximum atomic E-state index is 11.1. The van der Waals surface area contributed by atoms with Crippen LogP contribution in [0.15, 0.2) is 0 Å². The number of carbonyl (C=O) groups is 1. The van der Waals surface area contributed by atoms with Gasteiger partial charge in [-0.25, -0.2) is 0 Å². The quantitative estimate of drug-likeness (QED) is 0.792. The van der Waals surface area contributed by atoms with Crippen molar-refractivity contribution in [1.82, 2.24) is 5.32 Å². The number of nitrogens with one attached hydrogen (secondary N) is 1. The van der Waals surface area contributed by atoms with Gasteiger partial charge in [0, 0.05) is 18.0 Å². The fourth-order valence-corrected chi connectivity index (χ4v) is 3.46. The minimum absolute atomic E-state index is 0.106. The molecule has 0 spiro atoms. The van der Waals surface area contributed by atoms with Gasteiger partial charge in [0.1, 0.15) is 0 Å². The van der Waals surface area contributed by atoms with Crippen LogP contribution in [0, 0.1) is 11.3 Å². The highest BCUT2D eigenvalue weighted by atomic mass is 16.1. The molecule has 1 unspecified atom stereocenters. The van der Waals surface area contributed by atoms with Gasteiger partial charge in [-0.15, -0.1) is 0 Å². The van der Waals surface area contributed by atoms with Crippen LogP contribution in [0.25, 0.3) is 0 Å². The molecule has 2 saturated carbocycles. The summed E-state index contributed by atoms with van der Waals surface area (Å²) in [7, 11) is 0. The normalized spacial score (nSPS) is 36.9. The Bertz CT molecular complexity index is 280. The van der Waals surface area contributed by atoms with Crippen LogP contribution < -0.4 is 11.1 Å². The van der Waals surface area contributed by atoms with E-state index in [4.69, 9.17) is 5.73 Å². The molecule has 0 saturated heterocycles. The highest BCUT2D eigenvalue weighted by Crippen LogP contribution is 2.37. The molecule has 0 aromatic carbocycles. The Morgan fingerprint density at radius 1 is 1.12 bits per heavy atom. The van der Waals surface area contributed by atoms with Crippen molar-refractivity contribution in [3.05, 3.63) is 0 Å². The second-order valence-electron chi connectivity index (χ2n) is 6.72. The van der Waals surface area contributed by atoms with Crippen molar-refractivity contribution in [3.8, 4) is 0 Å². The first-order valence-corrected chi connectivity index (χ1v) is 7.02. The molecule has 0 aliphatic heterocycles. The zero-order valence-corrected chi connectivity index (χ0v) is 11.2. The maximum absolute atomic E-state index is 11.1. The Labute approximate surface area is 105 Å². The van der Waals surface area contributed by atoms with E-state index in [9.17, 15) is 4.79 Å². The predicted octanol–water partition coefficient (Wildman–Crippen LogP) is 2.20. The van der Waals surface area contributed by atoms with E-state index in [2.05, 4.69) is 19.2 Å². The summed E-state index contributed by atoms with van der Waals surface area (Å²) in [6, 6.07) is 1.31. The summed E-state index contributed by atoms with van der Waals surface area (Å²) in [5.41, 5.74) is 5.87. The van der Waals surface area contributed by atoms with E-state index in [0.717, 1.165) is 25.7 Å². The van der Waals surface area contributed by atoms with Crippen molar-refractivity contribution in [1.29, 1.82) is 0 Å². The molecule has 1 amide bonds. The van der Waals surface area contributed by atoms with E-state index in [1.54, 1.807) is 0 Å². The summed E-state index contributed by atoms with van der Waals surface area (Å²) in [6.07, 6.45) is 8.12. The Morgan fingerprint density at radius 2 is 1.76 bits per heavy atom. The minimum Gasteiger partial charge on any atom is -0.369 e. The van der Waals surface area contributed by atoms with Gasteiger partial charge >= 0.3 is 0 Å². The van der Waals surface area contributed by atoms with Crippen LogP contribution in [0.4, 0.5) is 0 Å². The molecule has 3 heteroatoms. The molecule has 3 nitrogen and oxygen atoms in total. The summed E-state index contributed by atoms with van der Waals surface area (Å²) in [5, 5.41) is 3.78. The SMILES string of the molecule is CC1(C)CCC(NC2CCC(C(N)=O)CC2)C1. The van der Waals surface area contributed by atoms with Crippen LogP contribution in [0.3, 0.4) is 0 Å². The Morgan fingerprint density at radius 3 is 2.24 bits per heavy atom. The molecule has 98 valence electrons. The molecule has 0 heterocycles. The topological polar surface area (TPSA) is 55.1 Å². The average molecular weight is 238 g/mol. The van der Waals surface area contributed by atoms with Crippen LogP contribution in [-0.4, -0.2) is 18.0 Å². The fourth-order valence-electron chi connectivity index (χ4n) is 3.46. The monoisotopic (exact) mass is 238 g/mol. The summed E-state index contributed by atoms with van der Waals surface area (Å²) >= 11 is 0.